The molecule has 0 aliphatic heterocycles. The molecule has 76 valence electrons. The van der Waals surface area contributed by atoms with Crippen LogP contribution in [0.5, 0.6) is 0 Å². The van der Waals surface area contributed by atoms with Crippen LogP contribution in [0.3, 0.4) is 0 Å². The minimum absolute atomic E-state index is 0.0682. The Bertz CT molecular complexity index is 199. The fourth-order valence-electron chi connectivity index (χ4n) is 0.965. The molecular formula is C9H17NO3. The molecule has 0 aromatic carbocycles. The number of hydrogen-bond acceptors (Lipinski definition) is 4. The summed E-state index contributed by atoms with van der Waals surface area (Å²) < 4.78 is 5.01. The number of carbonyl (C=O) groups excluding carboxylic acids is 2. The van der Waals surface area contributed by atoms with E-state index in [1.54, 1.807) is 13.8 Å². The fraction of sp³-hybridized carbons (Fsp3) is 0.778. The third-order valence-corrected chi connectivity index (χ3v) is 1.34. The summed E-state index contributed by atoms with van der Waals surface area (Å²) >= 11 is 0. The predicted molar refractivity (Wildman–Crippen MR) is 49.4 cm³/mol. The summed E-state index contributed by atoms with van der Waals surface area (Å²) in [6.45, 7) is 7.25. The Hall–Kier alpha value is -0.900. The Labute approximate surface area is 78.6 Å². The number of Topliss-reactive ketones (excluding diaryl/α,β-unsaturated/α-hetero) is 1. The molecule has 0 fully saturated rings. The van der Waals surface area contributed by atoms with Gasteiger partial charge in [-0.1, -0.05) is 0 Å². The molecule has 0 saturated carbocycles. The van der Waals surface area contributed by atoms with Gasteiger partial charge < -0.3 is 10.1 Å². The molecule has 0 amide bonds. The number of hydrogen-bond donors (Lipinski definition) is 1. The highest BCUT2D eigenvalue weighted by atomic mass is 16.6. The van der Waals surface area contributed by atoms with Crippen LogP contribution in [0.25, 0.3) is 0 Å². The zero-order valence-corrected chi connectivity index (χ0v) is 8.64. The Morgan fingerprint density at radius 1 is 1.31 bits per heavy atom. The monoisotopic (exact) mass is 187 g/mol. The van der Waals surface area contributed by atoms with Crippen molar-refractivity contribution in [1.29, 1.82) is 0 Å². The number of rotatable bonds is 5. The molecule has 0 saturated heterocycles. The van der Waals surface area contributed by atoms with Crippen molar-refractivity contribution in [2.24, 2.45) is 0 Å². The van der Waals surface area contributed by atoms with E-state index in [-0.39, 0.29) is 11.8 Å². The lowest BCUT2D eigenvalue weighted by molar-refractivity contribution is -0.153. The van der Waals surface area contributed by atoms with Crippen LogP contribution < -0.4 is 5.32 Å². The van der Waals surface area contributed by atoms with Crippen molar-refractivity contribution in [2.75, 3.05) is 13.1 Å². The van der Waals surface area contributed by atoms with Gasteiger partial charge in [0.1, 0.15) is 11.4 Å². The lowest BCUT2D eigenvalue weighted by Crippen LogP contribution is -2.40. The largest absolute Gasteiger partial charge is 0.458 e. The summed E-state index contributed by atoms with van der Waals surface area (Å²) in [7, 11) is 0. The minimum atomic E-state index is -0.554. The standard InChI is InChI=1S/C9H17NO3/c1-7(11)5-10-6-9(3,4)13-8(2)12/h10H,5-6H2,1-4H3. The van der Waals surface area contributed by atoms with Gasteiger partial charge in [-0.3, -0.25) is 9.59 Å². The molecule has 1 N–H and O–H groups in total. The molecule has 0 bridgehead atoms. The third-order valence-electron chi connectivity index (χ3n) is 1.34. The lowest BCUT2D eigenvalue weighted by atomic mass is 10.1. The van der Waals surface area contributed by atoms with E-state index in [9.17, 15) is 9.59 Å². The van der Waals surface area contributed by atoms with Crippen molar-refractivity contribution in [3.05, 3.63) is 0 Å². The third kappa shape index (κ3) is 7.46. The predicted octanol–water partition coefficient (Wildman–Crippen LogP) is 0.507. The second-order valence-corrected chi connectivity index (χ2v) is 3.66. The van der Waals surface area contributed by atoms with Gasteiger partial charge >= 0.3 is 5.97 Å². The van der Waals surface area contributed by atoms with Crippen LogP contribution in [0.15, 0.2) is 0 Å². The number of nitrogens with one attached hydrogen (secondary N) is 1. The summed E-state index contributed by atoms with van der Waals surface area (Å²) in [5, 5.41) is 2.90. The van der Waals surface area contributed by atoms with Gasteiger partial charge in [-0.25, -0.2) is 0 Å². The molecule has 0 rings (SSSR count). The summed E-state index contributed by atoms with van der Waals surface area (Å²) in [6.07, 6.45) is 0. The van der Waals surface area contributed by atoms with Crippen LogP contribution in [0.4, 0.5) is 0 Å². The van der Waals surface area contributed by atoms with Gasteiger partial charge in [0.25, 0.3) is 0 Å². The first-order chi connectivity index (χ1) is 5.83. The van der Waals surface area contributed by atoms with Crippen LogP contribution >= 0.6 is 0 Å². The summed E-state index contributed by atoms with van der Waals surface area (Å²) in [5.41, 5.74) is -0.554. The van der Waals surface area contributed by atoms with Crippen molar-refractivity contribution in [2.45, 2.75) is 33.3 Å². The maximum atomic E-state index is 10.6. The van der Waals surface area contributed by atoms with Crippen molar-refractivity contribution in [1.82, 2.24) is 5.32 Å². The zero-order chi connectivity index (χ0) is 10.5. The molecule has 13 heavy (non-hydrogen) atoms. The van der Waals surface area contributed by atoms with E-state index in [4.69, 9.17) is 4.74 Å². The molecule has 4 heteroatoms. The molecule has 0 radical (unpaired) electrons. The molecule has 0 spiro atoms. The maximum Gasteiger partial charge on any atom is 0.303 e. The highest BCUT2D eigenvalue weighted by Crippen LogP contribution is 2.07. The maximum absolute atomic E-state index is 10.6. The van der Waals surface area contributed by atoms with Gasteiger partial charge in [-0.05, 0) is 20.8 Å². The topological polar surface area (TPSA) is 55.4 Å². The van der Waals surface area contributed by atoms with Gasteiger partial charge in [0.15, 0.2) is 0 Å². The van der Waals surface area contributed by atoms with Crippen molar-refractivity contribution in [3.8, 4) is 0 Å². The van der Waals surface area contributed by atoms with E-state index >= 15 is 0 Å². The second-order valence-electron chi connectivity index (χ2n) is 3.66. The zero-order valence-electron chi connectivity index (χ0n) is 8.64. The Morgan fingerprint density at radius 2 is 1.85 bits per heavy atom. The van der Waals surface area contributed by atoms with Crippen molar-refractivity contribution >= 4 is 11.8 Å². The summed E-state index contributed by atoms with van der Waals surface area (Å²) in [5.74, 6) is -0.242. The Kier molecular flexibility index (Phi) is 4.62. The van der Waals surface area contributed by atoms with E-state index in [1.165, 1.54) is 13.8 Å². The van der Waals surface area contributed by atoms with Crippen LogP contribution in [0.1, 0.15) is 27.7 Å². The molecular weight excluding hydrogens is 170 g/mol. The van der Waals surface area contributed by atoms with Gasteiger partial charge in [-0.2, -0.15) is 0 Å². The molecule has 0 aromatic heterocycles. The molecule has 0 atom stereocenters. The molecule has 0 aliphatic carbocycles. The van der Waals surface area contributed by atoms with E-state index < -0.39 is 5.60 Å². The van der Waals surface area contributed by atoms with Crippen LogP contribution in [0.2, 0.25) is 0 Å². The normalized spacial score (nSPS) is 11.1. The Balaban J connectivity index is 3.75. The van der Waals surface area contributed by atoms with Crippen LogP contribution in [-0.2, 0) is 14.3 Å². The number of carbonyl (C=O) groups is 2. The highest BCUT2D eigenvalue weighted by Gasteiger charge is 2.20. The highest BCUT2D eigenvalue weighted by molar-refractivity contribution is 5.77. The first kappa shape index (κ1) is 12.1. The first-order valence-corrected chi connectivity index (χ1v) is 4.23. The van der Waals surface area contributed by atoms with Crippen LogP contribution in [0, 0.1) is 0 Å². The van der Waals surface area contributed by atoms with Gasteiger partial charge in [0.05, 0.1) is 6.54 Å². The first-order valence-electron chi connectivity index (χ1n) is 4.23. The van der Waals surface area contributed by atoms with Crippen molar-refractivity contribution < 1.29 is 14.3 Å². The average molecular weight is 187 g/mol. The second kappa shape index (κ2) is 4.97. The molecule has 0 unspecified atom stereocenters. The van der Waals surface area contributed by atoms with Crippen LogP contribution in [-0.4, -0.2) is 30.4 Å². The molecule has 0 aliphatic rings. The Morgan fingerprint density at radius 3 is 2.23 bits per heavy atom. The van der Waals surface area contributed by atoms with E-state index in [0.717, 1.165) is 0 Å². The SMILES string of the molecule is CC(=O)CNCC(C)(C)OC(C)=O. The fourth-order valence-corrected chi connectivity index (χ4v) is 0.965. The minimum Gasteiger partial charge on any atom is -0.458 e. The van der Waals surface area contributed by atoms with Gasteiger partial charge in [-0.15, -0.1) is 0 Å². The summed E-state index contributed by atoms with van der Waals surface area (Å²) in [4.78, 5) is 21.2. The lowest BCUT2D eigenvalue weighted by Gasteiger charge is -2.24. The van der Waals surface area contributed by atoms with E-state index in [2.05, 4.69) is 5.32 Å². The quantitative estimate of drug-likeness (QED) is 0.637. The molecule has 0 heterocycles. The number of ether oxygens (including phenoxy) is 1. The van der Waals surface area contributed by atoms with Gasteiger partial charge in [0, 0.05) is 13.5 Å². The van der Waals surface area contributed by atoms with Gasteiger partial charge in [0.2, 0.25) is 0 Å². The smallest absolute Gasteiger partial charge is 0.303 e. The molecule has 0 aromatic rings. The van der Waals surface area contributed by atoms with E-state index in [0.29, 0.717) is 13.1 Å². The van der Waals surface area contributed by atoms with Crippen molar-refractivity contribution in [3.63, 3.8) is 0 Å². The molecule has 4 nitrogen and oxygen atoms in total. The van der Waals surface area contributed by atoms with E-state index in [1.807, 2.05) is 0 Å². The number of ketones is 1. The summed E-state index contributed by atoms with van der Waals surface area (Å²) in [6, 6.07) is 0. The average Bonchev–Trinajstić information content (AvgIpc) is 1.81. The number of esters is 1.